The van der Waals surface area contributed by atoms with Gasteiger partial charge in [-0.3, -0.25) is 0 Å². The van der Waals surface area contributed by atoms with Crippen LogP contribution in [0.25, 0.3) is 10.8 Å². The average Bonchev–Trinajstić information content (AvgIpc) is 2.47. The largest absolute Gasteiger partial charge is 0.489 e. The minimum absolute atomic E-state index is 0. The highest BCUT2D eigenvalue weighted by Gasteiger charge is 2.01. The van der Waals surface area contributed by atoms with E-state index in [1.807, 2.05) is 30.3 Å². The van der Waals surface area contributed by atoms with Gasteiger partial charge in [-0.25, -0.2) is 0 Å². The summed E-state index contributed by atoms with van der Waals surface area (Å²) in [5.74, 6) is 0.835. The number of benzene rings is 3. The fourth-order valence-electron chi connectivity index (χ4n) is 2.14. The first-order chi connectivity index (χ1) is 9.33. The molecule has 20 heavy (non-hydrogen) atoms. The molecule has 0 aliphatic heterocycles. The third-order valence-corrected chi connectivity index (χ3v) is 3.15. The van der Waals surface area contributed by atoms with Gasteiger partial charge in [0.1, 0.15) is 12.4 Å². The summed E-state index contributed by atoms with van der Waals surface area (Å²) in [7, 11) is 0. The smallest absolute Gasteiger partial charge is 0.119 e. The van der Waals surface area contributed by atoms with Crippen LogP contribution in [0.1, 0.15) is 5.56 Å². The van der Waals surface area contributed by atoms with Crippen molar-refractivity contribution in [3.63, 3.8) is 0 Å². The number of anilines is 1. The van der Waals surface area contributed by atoms with Gasteiger partial charge in [-0.2, -0.15) is 0 Å². The molecule has 3 rings (SSSR count). The molecule has 0 fully saturated rings. The Kier molecular flexibility index (Phi) is 4.49. The van der Waals surface area contributed by atoms with Crippen LogP contribution < -0.4 is 10.5 Å². The molecule has 0 unspecified atom stereocenters. The quantitative estimate of drug-likeness (QED) is 0.723. The molecule has 3 heteroatoms. The molecule has 0 amide bonds. The van der Waals surface area contributed by atoms with Crippen LogP contribution in [0.5, 0.6) is 5.75 Å². The van der Waals surface area contributed by atoms with Crippen LogP contribution >= 0.6 is 12.4 Å². The van der Waals surface area contributed by atoms with Crippen molar-refractivity contribution in [1.82, 2.24) is 0 Å². The van der Waals surface area contributed by atoms with Gasteiger partial charge in [0.25, 0.3) is 0 Å². The van der Waals surface area contributed by atoms with Gasteiger partial charge in [-0.05, 0) is 40.6 Å². The van der Waals surface area contributed by atoms with Gasteiger partial charge in [0.2, 0.25) is 0 Å². The van der Waals surface area contributed by atoms with E-state index >= 15 is 0 Å². The molecule has 0 atom stereocenters. The molecule has 102 valence electrons. The van der Waals surface area contributed by atoms with E-state index in [1.54, 1.807) is 0 Å². The van der Waals surface area contributed by atoms with Crippen molar-refractivity contribution in [3.05, 3.63) is 72.3 Å². The van der Waals surface area contributed by atoms with Gasteiger partial charge in [-0.1, -0.05) is 42.5 Å². The summed E-state index contributed by atoms with van der Waals surface area (Å²) < 4.78 is 5.80. The Hall–Kier alpha value is -2.19. The molecule has 0 saturated heterocycles. The fourth-order valence-corrected chi connectivity index (χ4v) is 2.14. The van der Waals surface area contributed by atoms with Crippen LogP contribution in [0.2, 0.25) is 0 Å². The van der Waals surface area contributed by atoms with Gasteiger partial charge < -0.3 is 10.5 Å². The van der Waals surface area contributed by atoms with Gasteiger partial charge in [-0.15, -0.1) is 12.4 Å². The lowest BCUT2D eigenvalue weighted by Gasteiger charge is -2.09. The summed E-state index contributed by atoms with van der Waals surface area (Å²) in [6.07, 6.45) is 0. The lowest BCUT2D eigenvalue weighted by Crippen LogP contribution is -1.96. The highest BCUT2D eigenvalue weighted by atomic mass is 35.5. The fraction of sp³-hybridized carbons (Fsp3) is 0.0588. The van der Waals surface area contributed by atoms with Crippen molar-refractivity contribution >= 4 is 28.9 Å². The van der Waals surface area contributed by atoms with E-state index in [1.165, 1.54) is 16.3 Å². The third-order valence-electron chi connectivity index (χ3n) is 3.15. The highest BCUT2D eigenvalue weighted by molar-refractivity contribution is 5.85. The number of hydrogen-bond donors (Lipinski definition) is 1. The van der Waals surface area contributed by atoms with Gasteiger partial charge in [0.15, 0.2) is 0 Å². The second-order valence-corrected chi connectivity index (χ2v) is 4.50. The molecule has 2 N–H and O–H groups in total. The number of hydrogen-bond acceptors (Lipinski definition) is 2. The van der Waals surface area contributed by atoms with Crippen LogP contribution in [-0.2, 0) is 6.61 Å². The Morgan fingerprint density at radius 2 is 1.50 bits per heavy atom. The molecule has 0 saturated carbocycles. The van der Waals surface area contributed by atoms with Crippen LogP contribution in [0, 0.1) is 0 Å². The van der Waals surface area contributed by atoms with E-state index in [0.29, 0.717) is 6.61 Å². The molecule has 0 heterocycles. The Morgan fingerprint density at radius 3 is 2.30 bits per heavy atom. The maximum atomic E-state index is 5.80. The van der Waals surface area contributed by atoms with Crippen molar-refractivity contribution in [2.24, 2.45) is 0 Å². The van der Waals surface area contributed by atoms with Crippen molar-refractivity contribution in [3.8, 4) is 5.75 Å². The molecule has 2 nitrogen and oxygen atoms in total. The summed E-state index contributed by atoms with van der Waals surface area (Å²) in [6.45, 7) is 0.561. The first-order valence-corrected chi connectivity index (χ1v) is 6.28. The summed E-state index contributed by atoms with van der Waals surface area (Å²) in [5.41, 5.74) is 7.59. The van der Waals surface area contributed by atoms with Gasteiger partial charge in [0.05, 0.1) is 0 Å². The Bertz CT molecular complexity index is 689. The van der Waals surface area contributed by atoms with E-state index < -0.39 is 0 Å². The summed E-state index contributed by atoms with van der Waals surface area (Å²) >= 11 is 0. The van der Waals surface area contributed by atoms with Crippen LogP contribution in [-0.4, -0.2) is 0 Å². The molecule has 0 aliphatic rings. The molecular formula is C17H16ClNO. The predicted octanol–water partition coefficient (Wildman–Crippen LogP) is 4.42. The average molecular weight is 286 g/mol. The Morgan fingerprint density at radius 1 is 0.800 bits per heavy atom. The first-order valence-electron chi connectivity index (χ1n) is 6.28. The second kappa shape index (κ2) is 6.31. The molecule has 0 spiro atoms. The number of nitrogen functional groups attached to an aromatic ring is 1. The second-order valence-electron chi connectivity index (χ2n) is 4.50. The number of nitrogens with two attached hydrogens (primary N) is 1. The van der Waals surface area contributed by atoms with Crippen LogP contribution in [0.3, 0.4) is 0 Å². The highest BCUT2D eigenvalue weighted by Crippen LogP contribution is 2.21. The number of fused-ring (bicyclic) bond motifs is 1. The normalized spacial score (nSPS) is 10.0. The lowest BCUT2D eigenvalue weighted by molar-refractivity contribution is 0.308. The zero-order valence-corrected chi connectivity index (χ0v) is 11.8. The predicted molar refractivity (Wildman–Crippen MR) is 86.4 cm³/mol. The standard InChI is InChI=1S/C17H15NO.ClH/c18-15-8-10-16(11-9-15)19-12-14-6-3-5-13-4-1-2-7-17(13)14;/h1-11H,12,18H2;1H. The molecule has 0 radical (unpaired) electrons. The summed E-state index contributed by atoms with van der Waals surface area (Å²) in [5, 5.41) is 2.47. The zero-order chi connectivity index (χ0) is 13.1. The monoisotopic (exact) mass is 285 g/mol. The minimum Gasteiger partial charge on any atom is -0.489 e. The van der Waals surface area contributed by atoms with Gasteiger partial charge in [0, 0.05) is 5.69 Å². The molecule has 0 bridgehead atoms. The maximum absolute atomic E-state index is 5.80. The SMILES string of the molecule is Cl.Nc1ccc(OCc2cccc3ccccc23)cc1. The van der Waals surface area contributed by atoms with E-state index in [0.717, 1.165) is 11.4 Å². The van der Waals surface area contributed by atoms with Gasteiger partial charge >= 0.3 is 0 Å². The zero-order valence-electron chi connectivity index (χ0n) is 11.0. The lowest BCUT2D eigenvalue weighted by atomic mass is 10.1. The van der Waals surface area contributed by atoms with Crippen LogP contribution in [0.15, 0.2) is 66.7 Å². The summed E-state index contributed by atoms with van der Waals surface area (Å²) in [6, 6.07) is 22.1. The molecular weight excluding hydrogens is 270 g/mol. The molecule has 3 aromatic rings. The molecule has 0 aliphatic carbocycles. The Labute approximate surface area is 124 Å². The van der Waals surface area contributed by atoms with Crippen molar-refractivity contribution in [2.45, 2.75) is 6.61 Å². The maximum Gasteiger partial charge on any atom is 0.119 e. The molecule has 3 aromatic carbocycles. The number of rotatable bonds is 3. The van der Waals surface area contributed by atoms with Crippen LogP contribution in [0.4, 0.5) is 5.69 Å². The number of halogens is 1. The minimum atomic E-state index is 0. The topological polar surface area (TPSA) is 35.2 Å². The van der Waals surface area contributed by atoms with Crippen molar-refractivity contribution in [1.29, 1.82) is 0 Å². The first kappa shape index (κ1) is 14.2. The van der Waals surface area contributed by atoms with E-state index in [4.69, 9.17) is 10.5 Å². The Balaban J connectivity index is 0.00000147. The number of ether oxygens (including phenoxy) is 1. The molecule has 0 aromatic heterocycles. The summed E-state index contributed by atoms with van der Waals surface area (Å²) in [4.78, 5) is 0. The van der Waals surface area contributed by atoms with E-state index in [2.05, 4.69) is 36.4 Å². The van der Waals surface area contributed by atoms with Crippen molar-refractivity contribution < 1.29 is 4.74 Å². The van der Waals surface area contributed by atoms with Crippen molar-refractivity contribution in [2.75, 3.05) is 5.73 Å². The van der Waals surface area contributed by atoms with E-state index in [9.17, 15) is 0 Å². The third kappa shape index (κ3) is 3.03. The van der Waals surface area contributed by atoms with E-state index in [-0.39, 0.29) is 12.4 Å².